The molecule has 0 aromatic carbocycles. The topological polar surface area (TPSA) is 33.2 Å². The third-order valence-electron chi connectivity index (χ3n) is 2.60. The number of hydrogen-bond donors (Lipinski definition) is 0. The fourth-order valence-corrected chi connectivity index (χ4v) is 3.53. The summed E-state index contributed by atoms with van der Waals surface area (Å²) in [5.41, 5.74) is 0.604. The lowest BCUT2D eigenvalue weighted by Crippen LogP contribution is -2.30. The van der Waals surface area contributed by atoms with Gasteiger partial charge in [0.1, 0.15) is 0 Å². The lowest BCUT2D eigenvalue weighted by molar-refractivity contribution is 0.0753. The highest BCUT2D eigenvalue weighted by molar-refractivity contribution is 9.11. The van der Waals surface area contributed by atoms with Gasteiger partial charge >= 0.3 is 0 Å². The van der Waals surface area contributed by atoms with Gasteiger partial charge in [0.2, 0.25) is 0 Å². The fourth-order valence-electron chi connectivity index (χ4n) is 1.66. The van der Waals surface area contributed by atoms with Crippen LogP contribution in [0.5, 0.6) is 0 Å². The van der Waals surface area contributed by atoms with Crippen molar-refractivity contribution in [2.45, 2.75) is 13.5 Å². The summed E-state index contributed by atoms with van der Waals surface area (Å²) in [6, 6.07) is 5.82. The molecule has 0 spiro atoms. The van der Waals surface area contributed by atoms with E-state index in [4.69, 9.17) is 0 Å². The number of carbonyl (C=O) groups is 1. The first-order valence-corrected chi connectivity index (χ1v) is 8.14. The van der Waals surface area contributed by atoms with Crippen LogP contribution >= 0.6 is 43.2 Å². The van der Waals surface area contributed by atoms with Crippen molar-refractivity contribution in [1.29, 1.82) is 0 Å². The first kappa shape index (κ1) is 14.7. The molecule has 0 aliphatic carbocycles. The van der Waals surface area contributed by atoms with Crippen LogP contribution in [0.4, 0.5) is 0 Å². The Hall–Kier alpha value is -0.720. The normalized spacial score (nSPS) is 10.5. The van der Waals surface area contributed by atoms with Gasteiger partial charge in [-0.05, 0) is 57.0 Å². The second-order valence-corrected chi connectivity index (χ2v) is 7.38. The minimum Gasteiger partial charge on any atom is -0.334 e. The molecule has 0 saturated heterocycles. The number of amides is 1. The molecule has 19 heavy (non-hydrogen) atoms. The van der Waals surface area contributed by atoms with Crippen LogP contribution < -0.4 is 0 Å². The zero-order chi connectivity index (χ0) is 13.8. The van der Waals surface area contributed by atoms with E-state index in [1.165, 1.54) is 0 Å². The second kappa shape index (κ2) is 6.63. The van der Waals surface area contributed by atoms with Crippen LogP contribution in [0, 0.1) is 0 Å². The Balaban J connectivity index is 2.15. The summed E-state index contributed by atoms with van der Waals surface area (Å²) < 4.78 is 1.89. The van der Waals surface area contributed by atoms with Gasteiger partial charge in [-0.25, -0.2) is 0 Å². The van der Waals surface area contributed by atoms with Crippen molar-refractivity contribution in [1.82, 2.24) is 9.88 Å². The average Bonchev–Trinajstić information content (AvgIpc) is 2.81. The van der Waals surface area contributed by atoms with Crippen LogP contribution in [0.15, 0.2) is 38.9 Å². The van der Waals surface area contributed by atoms with Gasteiger partial charge < -0.3 is 4.90 Å². The molecule has 0 aliphatic heterocycles. The summed E-state index contributed by atoms with van der Waals surface area (Å²) in [7, 11) is 0. The molecule has 0 fully saturated rings. The molecular weight excluding hydrogens is 392 g/mol. The van der Waals surface area contributed by atoms with Gasteiger partial charge in [-0.15, -0.1) is 11.3 Å². The molecule has 0 saturated carbocycles. The summed E-state index contributed by atoms with van der Waals surface area (Å²) in [5.74, 6) is 0.000762. The van der Waals surface area contributed by atoms with Gasteiger partial charge in [-0.3, -0.25) is 9.78 Å². The van der Waals surface area contributed by atoms with Crippen LogP contribution in [0.1, 0.15) is 22.2 Å². The van der Waals surface area contributed by atoms with Gasteiger partial charge in [-0.1, -0.05) is 0 Å². The number of halogens is 2. The van der Waals surface area contributed by atoms with E-state index in [1.54, 1.807) is 29.8 Å². The highest BCUT2D eigenvalue weighted by Crippen LogP contribution is 2.24. The summed E-state index contributed by atoms with van der Waals surface area (Å²) in [6.07, 6.45) is 3.27. The van der Waals surface area contributed by atoms with Crippen LogP contribution in [-0.4, -0.2) is 22.3 Å². The molecular formula is C13H12Br2N2OS. The molecule has 0 bridgehead atoms. The molecule has 1 amide bonds. The van der Waals surface area contributed by atoms with Crippen LogP contribution in [0.25, 0.3) is 0 Å². The van der Waals surface area contributed by atoms with Crippen LogP contribution in [0.3, 0.4) is 0 Å². The van der Waals surface area contributed by atoms with Gasteiger partial charge in [-0.2, -0.15) is 0 Å². The molecule has 3 nitrogen and oxygen atoms in total. The zero-order valence-corrected chi connectivity index (χ0v) is 14.3. The first-order chi connectivity index (χ1) is 9.10. The fraction of sp³-hybridized carbons (Fsp3) is 0.231. The molecule has 0 radical (unpaired) electrons. The Bertz CT molecular complexity index is 586. The number of pyridine rings is 1. The monoisotopic (exact) mass is 402 g/mol. The lowest BCUT2D eigenvalue weighted by Gasteiger charge is -2.20. The van der Waals surface area contributed by atoms with Crippen molar-refractivity contribution in [3.8, 4) is 0 Å². The molecule has 0 atom stereocenters. The molecule has 0 unspecified atom stereocenters. The third-order valence-corrected chi connectivity index (χ3v) is 4.64. The smallest absolute Gasteiger partial charge is 0.255 e. The van der Waals surface area contributed by atoms with Crippen molar-refractivity contribution in [3.63, 3.8) is 0 Å². The Morgan fingerprint density at radius 3 is 2.74 bits per heavy atom. The summed E-state index contributed by atoms with van der Waals surface area (Å²) in [5, 5.41) is 0. The number of nitrogens with zero attached hydrogens (tertiary/aromatic N) is 2. The maximum absolute atomic E-state index is 12.4. The van der Waals surface area contributed by atoms with Crippen LogP contribution in [-0.2, 0) is 6.54 Å². The second-order valence-electron chi connectivity index (χ2n) is 3.92. The minimum atomic E-state index is 0.000762. The summed E-state index contributed by atoms with van der Waals surface area (Å²) >= 11 is 8.41. The van der Waals surface area contributed by atoms with Crippen molar-refractivity contribution >= 4 is 49.1 Å². The molecule has 2 rings (SSSR count). The Kier molecular flexibility index (Phi) is 5.13. The molecule has 0 aliphatic rings. The predicted molar refractivity (Wildman–Crippen MR) is 84.4 cm³/mol. The molecule has 0 N–H and O–H groups in total. The summed E-state index contributed by atoms with van der Waals surface area (Å²) in [6.45, 7) is 3.27. The maximum atomic E-state index is 12.4. The van der Waals surface area contributed by atoms with E-state index in [1.807, 2.05) is 24.0 Å². The molecule has 100 valence electrons. The van der Waals surface area contributed by atoms with Crippen molar-refractivity contribution < 1.29 is 4.79 Å². The van der Waals surface area contributed by atoms with Crippen molar-refractivity contribution in [3.05, 3.63) is 49.3 Å². The Labute approximate surface area is 132 Å². The van der Waals surface area contributed by atoms with Gasteiger partial charge in [0, 0.05) is 28.3 Å². The van der Waals surface area contributed by atoms with Gasteiger partial charge in [0.25, 0.3) is 5.91 Å². The summed E-state index contributed by atoms with van der Waals surface area (Å²) in [4.78, 5) is 19.4. The highest BCUT2D eigenvalue weighted by atomic mass is 79.9. The quantitative estimate of drug-likeness (QED) is 0.760. The molecule has 6 heteroatoms. The largest absolute Gasteiger partial charge is 0.334 e. The average molecular weight is 404 g/mol. The predicted octanol–water partition coefficient (Wildman–Crippen LogP) is 4.33. The Morgan fingerprint density at radius 1 is 1.37 bits per heavy atom. The van der Waals surface area contributed by atoms with E-state index in [2.05, 4.69) is 36.8 Å². The SMILES string of the molecule is CCN(Cc1ccc(Br)s1)C(=O)c1cncc(Br)c1. The zero-order valence-electron chi connectivity index (χ0n) is 10.3. The van der Waals surface area contributed by atoms with Crippen molar-refractivity contribution in [2.24, 2.45) is 0 Å². The highest BCUT2D eigenvalue weighted by Gasteiger charge is 2.15. The minimum absolute atomic E-state index is 0.000762. The number of rotatable bonds is 4. The molecule has 2 aromatic rings. The molecule has 2 heterocycles. The Morgan fingerprint density at radius 2 is 2.16 bits per heavy atom. The van der Waals surface area contributed by atoms with Gasteiger partial charge in [0.05, 0.1) is 15.9 Å². The maximum Gasteiger partial charge on any atom is 0.255 e. The number of hydrogen-bond acceptors (Lipinski definition) is 3. The third kappa shape index (κ3) is 3.87. The number of aromatic nitrogens is 1. The van der Waals surface area contributed by atoms with Crippen molar-refractivity contribution in [2.75, 3.05) is 6.54 Å². The standard InChI is InChI=1S/C13H12Br2N2OS/c1-2-17(8-11-3-4-12(15)19-11)13(18)9-5-10(14)7-16-6-9/h3-7H,2,8H2,1H3. The van der Waals surface area contributed by atoms with E-state index in [-0.39, 0.29) is 5.91 Å². The number of thiophene rings is 1. The number of carbonyl (C=O) groups excluding carboxylic acids is 1. The van der Waals surface area contributed by atoms with E-state index in [0.717, 1.165) is 13.1 Å². The van der Waals surface area contributed by atoms with Gasteiger partial charge in [0.15, 0.2) is 0 Å². The van der Waals surface area contributed by atoms with E-state index < -0.39 is 0 Å². The van der Waals surface area contributed by atoms with E-state index in [0.29, 0.717) is 18.7 Å². The lowest BCUT2D eigenvalue weighted by atomic mass is 10.2. The first-order valence-electron chi connectivity index (χ1n) is 5.74. The van der Waals surface area contributed by atoms with Crippen LogP contribution in [0.2, 0.25) is 0 Å². The van der Waals surface area contributed by atoms with E-state index >= 15 is 0 Å². The van der Waals surface area contributed by atoms with E-state index in [9.17, 15) is 4.79 Å². The molecule has 2 aromatic heterocycles.